The first kappa shape index (κ1) is 15.5. The van der Waals surface area contributed by atoms with Gasteiger partial charge in [-0.15, -0.1) is 0 Å². The smallest absolute Gasteiger partial charge is 0.412 e. The minimum atomic E-state index is -0.497. The lowest BCUT2D eigenvalue weighted by Crippen LogP contribution is -2.27. The van der Waals surface area contributed by atoms with Gasteiger partial charge in [0, 0.05) is 11.7 Å². The maximum Gasteiger partial charge on any atom is 0.412 e. The number of rotatable bonds is 3. The van der Waals surface area contributed by atoms with E-state index in [1.807, 2.05) is 52.8 Å². The fourth-order valence-electron chi connectivity index (χ4n) is 1.74. The van der Waals surface area contributed by atoms with Gasteiger partial charge in [0.25, 0.3) is 0 Å². The number of nitrogens with one attached hydrogen (secondary N) is 1. The van der Waals surface area contributed by atoms with Gasteiger partial charge in [-0.25, -0.2) is 4.79 Å². The Labute approximate surface area is 115 Å². The second kappa shape index (κ2) is 6.06. The van der Waals surface area contributed by atoms with Gasteiger partial charge in [0.2, 0.25) is 0 Å². The molecule has 0 aromatic heterocycles. The first-order valence-corrected chi connectivity index (χ1v) is 6.52. The lowest BCUT2D eigenvalue weighted by Gasteiger charge is -2.20. The second-order valence-electron chi connectivity index (χ2n) is 5.95. The molecule has 0 aliphatic carbocycles. The van der Waals surface area contributed by atoms with E-state index < -0.39 is 11.7 Å². The van der Waals surface area contributed by atoms with Crippen LogP contribution in [0.5, 0.6) is 0 Å². The van der Waals surface area contributed by atoms with Crippen LogP contribution in [-0.2, 0) is 11.2 Å². The molecule has 0 aliphatic rings. The highest BCUT2D eigenvalue weighted by molar-refractivity contribution is 5.85. The molecular weight excluding hydrogens is 240 g/mol. The van der Waals surface area contributed by atoms with Crippen LogP contribution in [0.3, 0.4) is 0 Å². The van der Waals surface area contributed by atoms with Gasteiger partial charge in [-0.05, 0) is 64.3 Å². The molecule has 3 N–H and O–H groups in total. The SMILES string of the molecule is Cc1ccc(NC(=O)OC(C)(C)C)cc1CC(C)N. The van der Waals surface area contributed by atoms with Gasteiger partial charge in [-0.3, -0.25) is 5.32 Å². The summed E-state index contributed by atoms with van der Waals surface area (Å²) in [5.74, 6) is 0. The zero-order chi connectivity index (χ0) is 14.6. The molecule has 0 bridgehead atoms. The third-order valence-electron chi connectivity index (χ3n) is 2.54. The van der Waals surface area contributed by atoms with E-state index in [0.29, 0.717) is 0 Å². The van der Waals surface area contributed by atoms with E-state index in [2.05, 4.69) is 5.32 Å². The van der Waals surface area contributed by atoms with E-state index in [0.717, 1.165) is 17.7 Å². The molecule has 4 heteroatoms. The number of benzene rings is 1. The average Bonchev–Trinajstić information content (AvgIpc) is 2.19. The monoisotopic (exact) mass is 264 g/mol. The maximum atomic E-state index is 11.7. The van der Waals surface area contributed by atoms with Crippen LogP contribution in [0.4, 0.5) is 10.5 Å². The number of ether oxygens (including phenoxy) is 1. The number of carbonyl (C=O) groups excluding carboxylic acids is 1. The van der Waals surface area contributed by atoms with Crippen LogP contribution in [0, 0.1) is 6.92 Å². The molecule has 0 spiro atoms. The van der Waals surface area contributed by atoms with Crippen molar-refractivity contribution >= 4 is 11.8 Å². The molecule has 1 atom stereocenters. The normalized spacial score (nSPS) is 12.9. The standard InChI is InChI=1S/C15H24N2O2/c1-10-6-7-13(9-12(10)8-11(2)16)17-14(18)19-15(3,4)5/h6-7,9,11H,8,16H2,1-5H3,(H,17,18). The molecule has 0 radical (unpaired) electrons. The molecule has 1 amide bonds. The first-order valence-electron chi connectivity index (χ1n) is 6.52. The Morgan fingerprint density at radius 2 is 2.05 bits per heavy atom. The number of anilines is 1. The Morgan fingerprint density at radius 1 is 1.42 bits per heavy atom. The third kappa shape index (κ3) is 5.75. The molecule has 0 fully saturated rings. The molecule has 19 heavy (non-hydrogen) atoms. The quantitative estimate of drug-likeness (QED) is 0.881. The minimum Gasteiger partial charge on any atom is -0.444 e. The van der Waals surface area contributed by atoms with Gasteiger partial charge in [-0.2, -0.15) is 0 Å². The molecule has 0 aliphatic heterocycles. The number of hydrogen-bond donors (Lipinski definition) is 2. The number of aryl methyl sites for hydroxylation is 1. The van der Waals surface area contributed by atoms with Crippen molar-refractivity contribution < 1.29 is 9.53 Å². The Morgan fingerprint density at radius 3 is 2.58 bits per heavy atom. The Kier molecular flexibility index (Phi) is 4.95. The van der Waals surface area contributed by atoms with Gasteiger partial charge < -0.3 is 10.5 Å². The summed E-state index contributed by atoms with van der Waals surface area (Å²) in [4.78, 5) is 11.7. The van der Waals surface area contributed by atoms with Crippen LogP contribution in [0.2, 0.25) is 0 Å². The number of hydrogen-bond acceptors (Lipinski definition) is 3. The van der Waals surface area contributed by atoms with E-state index in [4.69, 9.17) is 10.5 Å². The lowest BCUT2D eigenvalue weighted by molar-refractivity contribution is 0.0636. The zero-order valence-corrected chi connectivity index (χ0v) is 12.4. The van der Waals surface area contributed by atoms with E-state index >= 15 is 0 Å². The summed E-state index contributed by atoms with van der Waals surface area (Å²) in [6.45, 7) is 9.51. The highest BCUT2D eigenvalue weighted by Gasteiger charge is 2.16. The minimum absolute atomic E-state index is 0.0930. The average molecular weight is 264 g/mol. The van der Waals surface area contributed by atoms with Crippen LogP contribution in [0.15, 0.2) is 18.2 Å². The molecule has 0 heterocycles. The number of amides is 1. The predicted molar refractivity (Wildman–Crippen MR) is 78.4 cm³/mol. The van der Waals surface area contributed by atoms with Crippen molar-refractivity contribution in [2.45, 2.75) is 52.7 Å². The second-order valence-corrected chi connectivity index (χ2v) is 5.95. The Bertz CT molecular complexity index is 448. The van der Waals surface area contributed by atoms with E-state index in [1.165, 1.54) is 5.56 Å². The summed E-state index contributed by atoms with van der Waals surface area (Å²) in [5, 5.41) is 2.74. The molecular formula is C15H24N2O2. The van der Waals surface area contributed by atoms with Gasteiger partial charge in [-0.1, -0.05) is 6.07 Å². The maximum absolute atomic E-state index is 11.7. The number of carbonyl (C=O) groups is 1. The van der Waals surface area contributed by atoms with Gasteiger partial charge in [0.05, 0.1) is 0 Å². The van der Waals surface area contributed by atoms with Crippen LogP contribution < -0.4 is 11.1 Å². The summed E-state index contributed by atoms with van der Waals surface area (Å²) in [6.07, 6.45) is 0.346. The molecule has 106 valence electrons. The van der Waals surface area contributed by atoms with E-state index in [9.17, 15) is 4.79 Å². The Hall–Kier alpha value is -1.55. The van der Waals surface area contributed by atoms with Gasteiger partial charge in [0.15, 0.2) is 0 Å². The van der Waals surface area contributed by atoms with Crippen molar-refractivity contribution in [2.75, 3.05) is 5.32 Å². The van der Waals surface area contributed by atoms with Crippen LogP contribution >= 0.6 is 0 Å². The van der Waals surface area contributed by atoms with Crippen LogP contribution in [0.1, 0.15) is 38.8 Å². The topological polar surface area (TPSA) is 64.3 Å². The molecule has 4 nitrogen and oxygen atoms in total. The fraction of sp³-hybridized carbons (Fsp3) is 0.533. The fourth-order valence-corrected chi connectivity index (χ4v) is 1.74. The van der Waals surface area contributed by atoms with E-state index in [1.54, 1.807) is 0 Å². The van der Waals surface area contributed by atoms with Crippen molar-refractivity contribution in [3.63, 3.8) is 0 Å². The summed E-state index contributed by atoms with van der Waals surface area (Å²) in [6, 6.07) is 5.88. The predicted octanol–water partition coefficient (Wildman–Crippen LogP) is 3.23. The highest BCUT2D eigenvalue weighted by atomic mass is 16.6. The van der Waals surface area contributed by atoms with Crippen molar-refractivity contribution in [3.8, 4) is 0 Å². The molecule has 1 aromatic carbocycles. The highest BCUT2D eigenvalue weighted by Crippen LogP contribution is 2.18. The summed E-state index contributed by atoms with van der Waals surface area (Å²) < 4.78 is 5.22. The van der Waals surface area contributed by atoms with Crippen molar-refractivity contribution in [1.82, 2.24) is 0 Å². The Balaban J connectivity index is 2.77. The molecule has 0 saturated carbocycles. The third-order valence-corrected chi connectivity index (χ3v) is 2.54. The number of nitrogens with two attached hydrogens (primary N) is 1. The molecule has 0 saturated heterocycles. The molecule has 1 unspecified atom stereocenters. The lowest BCUT2D eigenvalue weighted by atomic mass is 10.0. The largest absolute Gasteiger partial charge is 0.444 e. The van der Waals surface area contributed by atoms with Crippen molar-refractivity contribution in [1.29, 1.82) is 0 Å². The molecule has 1 rings (SSSR count). The van der Waals surface area contributed by atoms with Gasteiger partial charge >= 0.3 is 6.09 Å². The summed E-state index contributed by atoms with van der Waals surface area (Å²) in [5.41, 5.74) is 8.37. The van der Waals surface area contributed by atoms with Gasteiger partial charge in [0.1, 0.15) is 5.60 Å². The summed E-state index contributed by atoms with van der Waals surface area (Å²) >= 11 is 0. The summed E-state index contributed by atoms with van der Waals surface area (Å²) in [7, 11) is 0. The zero-order valence-electron chi connectivity index (χ0n) is 12.4. The first-order chi connectivity index (χ1) is 8.67. The van der Waals surface area contributed by atoms with Crippen LogP contribution in [-0.4, -0.2) is 17.7 Å². The van der Waals surface area contributed by atoms with E-state index in [-0.39, 0.29) is 6.04 Å². The molecule has 1 aromatic rings. The van der Waals surface area contributed by atoms with Crippen molar-refractivity contribution in [3.05, 3.63) is 29.3 Å². The van der Waals surface area contributed by atoms with Crippen LogP contribution in [0.25, 0.3) is 0 Å². The van der Waals surface area contributed by atoms with Crippen molar-refractivity contribution in [2.24, 2.45) is 5.73 Å².